The molecule has 0 radical (unpaired) electrons. The van der Waals surface area contributed by atoms with Gasteiger partial charge in [-0.3, -0.25) is 9.59 Å². The van der Waals surface area contributed by atoms with E-state index in [9.17, 15) is 9.59 Å². The molecule has 2 amide bonds. The summed E-state index contributed by atoms with van der Waals surface area (Å²) in [6.07, 6.45) is 5.85. The fourth-order valence-electron chi connectivity index (χ4n) is 3.74. The molecule has 3 rings (SSSR count). The first-order valence-corrected chi connectivity index (χ1v) is 9.96. The van der Waals surface area contributed by atoms with Gasteiger partial charge in [-0.25, -0.2) is 4.68 Å². The molecule has 0 spiro atoms. The van der Waals surface area contributed by atoms with Gasteiger partial charge in [0.1, 0.15) is 6.04 Å². The van der Waals surface area contributed by atoms with E-state index < -0.39 is 6.04 Å². The lowest BCUT2D eigenvalue weighted by Gasteiger charge is -2.34. The highest BCUT2D eigenvalue weighted by Crippen LogP contribution is 2.22. The Morgan fingerprint density at radius 2 is 1.93 bits per heavy atom. The molecule has 2 heterocycles. The van der Waals surface area contributed by atoms with Gasteiger partial charge in [0.15, 0.2) is 0 Å². The molecular formula is C21H29N5O2. The molecule has 0 aliphatic carbocycles. The van der Waals surface area contributed by atoms with Crippen molar-refractivity contribution in [2.24, 2.45) is 5.92 Å². The van der Waals surface area contributed by atoms with Crippen LogP contribution < -0.4 is 5.32 Å². The summed E-state index contributed by atoms with van der Waals surface area (Å²) < 4.78 is 1.87. The van der Waals surface area contributed by atoms with Crippen LogP contribution in [-0.4, -0.2) is 50.8 Å². The van der Waals surface area contributed by atoms with Crippen LogP contribution in [0.5, 0.6) is 0 Å². The van der Waals surface area contributed by atoms with Crippen molar-refractivity contribution in [3.05, 3.63) is 47.8 Å². The maximum absolute atomic E-state index is 13.2. The highest BCUT2D eigenvalue weighted by Gasteiger charge is 2.30. The molecule has 1 fully saturated rings. The van der Waals surface area contributed by atoms with Crippen molar-refractivity contribution in [1.29, 1.82) is 0 Å². The number of aromatic nitrogens is 3. The maximum Gasteiger partial charge on any atom is 0.252 e. The van der Waals surface area contributed by atoms with Crippen molar-refractivity contribution in [2.75, 3.05) is 13.1 Å². The van der Waals surface area contributed by atoms with E-state index in [-0.39, 0.29) is 17.9 Å². The lowest BCUT2D eigenvalue weighted by molar-refractivity contribution is -0.135. The molecule has 0 saturated carbocycles. The van der Waals surface area contributed by atoms with Crippen molar-refractivity contribution in [1.82, 2.24) is 25.2 Å². The average Bonchev–Trinajstić information content (AvgIpc) is 3.22. The highest BCUT2D eigenvalue weighted by atomic mass is 16.2. The number of likely N-dealkylation sites (tertiary alicyclic amines) is 1. The van der Waals surface area contributed by atoms with Gasteiger partial charge >= 0.3 is 0 Å². The minimum absolute atomic E-state index is 0.00711. The molecule has 1 aliphatic heterocycles. The minimum atomic E-state index is -0.505. The first-order valence-electron chi connectivity index (χ1n) is 9.96. The summed E-state index contributed by atoms with van der Waals surface area (Å²) in [6, 6.07) is 7.22. The summed E-state index contributed by atoms with van der Waals surface area (Å²) in [6.45, 7) is 7.37. The number of carbonyl (C=O) groups is 2. The number of rotatable bonds is 6. The van der Waals surface area contributed by atoms with Crippen molar-refractivity contribution < 1.29 is 9.59 Å². The summed E-state index contributed by atoms with van der Waals surface area (Å²) in [4.78, 5) is 27.8. The summed E-state index contributed by atoms with van der Waals surface area (Å²) in [5.74, 6) is 0.126. The fraction of sp³-hybridized carbons (Fsp3) is 0.524. The molecule has 1 aromatic carbocycles. The lowest BCUT2D eigenvalue weighted by Crippen LogP contribution is -2.51. The van der Waals surface area contributed by atoms with Gasteiger partial charge in [0.2, 0.25) is 5.91 Å². The van der Waals surface area contributed by atoms with E-state index in [4.69, 9.17) is 0 Å². The highest BCUT2D eigenvalue weighted by molar-refractivity contribution is 5.98. The van der Waals surface area contributed by atoms with E-state index in [0.717, 1.165) is 18.4 Å². The predicted octanol–water partition coefficient (Wildman–Crippen LogP) is 2.59. The van der Waals surface area contributed by atoms with Crippen LogP contribution in [0.4, 0.5) is 0 Å². The van der Waals surface area contributed by atoms with Crippen LogP contribution in [-0.2, 0) is 4.79 Å². The summed E-state index contributed by atoms with van der Waals surface area (Å²) in [7, 11) is 0. The van der Waals surface area contributed by atoms with Gasteiger partial charge in [-0.15, -0.1) is 5.10 Å². The zero-order valence-electron chi connectivity index (χ0n) is 16.8. The van der Waals surface area contributed by atoms with Gasteiger partial charge < -0.3 is 10.2 Å². The molecular weight excluding hydrogens is 354 g/mol. The van der Waals surface area contributed by atoms with Gasteiger partial charge in [0, 0.05) is 24.8 Å². The quantitative estimate of drug-likeness (QED) is 0.831. The number of piperidine rings is 1. The number of nitrogens with zero attached hydrogens (tertiary/aromatic N) is 4. The third-order valence-corrected chi connectivity index (χ3v) is 5.29. The first kappa shape index (κ1) is 20.0. The molecule has 1 unspecified atom stereocenters. The van der Waals surface area contributed by atoms with Crippen molar-refractivity contribution in [3.8, 4) is 0 Å². The van der Waals surface area contributed by atoms with Gasteiger partial charge in [-0.1, -0.05) is 37.3 Å². The topological polar surface area (TPSA) is 80.1 Å². The van der Waals surface area contributed by atoms with E-state index in [1.807, 2.05) is 40.9 Å². The van der Waals surface area contributed by atoms with Crippen molar-refractivity contribution >= 4 is 11.8 Å². The normalized spacial score (nSPS) is 16.2. The molecule has 2 aromatic rings. The molecule has 7 heteroatoms. The Balaban J connectivity index is 1.65. The zero-order chi connectivity index (χ0) is 20.1. The molecule has 1 aliphatic rings. The Kier molecular flexibility index (Phi) is 6.44. The van der Waals surface area contributed by atoms with Crippen LogP contribution in [0.2, 0.25) is 0 Å². The second-order valence-electron chi connectivity index (χ2n) is 7.91. The number of nitrogens with one attached hydrogen (secondary N) is 1. The maximum atomic E-state index is 13.2. The number of amides is 2. The Morgan fingerprint density at radius 3 is 2.54 bits per heavy atom. The van der Waals surface area contributed by atoms with E-state index in [0.29, 0.717) is 31.0 Å². The van der Waals surface area contributed by atoms with Crippen LogP contribution in [0, 0.1) is 12.8 Å². The van der Waals surface area contributed by atoms with Crippen molar-refractivity contribution in [3.63, 3.8) is 0 Å². The zero-order valence-corrected chi connectivity index (χ0v) is 16.8. The Hall–Kier alpha value is -2.70. The SMILES string of the molecule is Cc1ccccc1C(=O)NC(CC(C)C)C(=O)N1CCC(n2ccnn2)CC1. The monoisotopic (exact) mass is 383 g/mol. The number of hydrogen-bond acceptors (Lipinski definition) is 4. The smallest absolute Gasteiger partial charge is 0.252 e. The van der Waals surface area contributed by atoms with Gasteiger partial charge in [0.05, 0.1) is 12.2 Å². The summed E-state index contributed by atoms with van der Waals surface area (Å²) in [5, 5.41) is 10.9. The third kappa shape index (κ3) is 4.77. The summed E-state index contributed by atoms with van der Waals surface area (Å²) in [5.41, 5.74) is 1.53. The molecule has 1 N–H and O–H groups in total. The van der Waals surface area contributed by atoms with Crippen LogP contribution in [0.25, 0.3) is 0 Å². The van der Waals surface area contributed by atoms with Crippen LogP contribution >= 0.6 is 0 Å². The molecule has 0 bridgehead atoms. The second kappa shape index (κ2) is 8.99. The molecule has 1 aromatic heterocycles. The van der Waals surface area contributed by atoms with E-state index in [2.05, 4.69) is 29.5 Å². The molecule has 28 heavy (non-hydrogen) atoms. The van der Waals surface area contributed by atoms with Crippen LogP contribution in [0.1, 0.15) is 55.1 Å². The molecule has 150 valence electrons. The van der Waals surface area contributed by atoms with Crippen molar-refractivity contribution in [2.45, 2.75) is 52.1 Å². The standard InChI is InChI=1S/C21H29N5O2/c1-15(2)14-19(23-20(27)18-7-5-4-6-16(18)3)21(28)25-11-8-17(9-12-25)26-13-10-22-24-26/h4-7,10,13,15,17,19H,8-9,11-12,14H2,1-3H3,(H,23,27). The predicted molar refractivity (Wildman–Crippen MR) is 107 cm³/mol. The average molecular weight is 383 g/mol. The largest absolute Gasteiger partial charge is 0.341 e. The van der Waals surface area contributed by atoms with E-state index in [1.165, 1.54) is 0 Å². The van der Waals surface area contributed by atoms with Crippen LogP contribution in [0.15, 0.2) is 36.7 Å². The third-order valence-electron chi connectivity index (χ3n) is 5.29. The number of aryl methyl sites for hydroxylation is 1. The van der Waals surface area contributed by atoms with E-state index >= 15 is 0 Å². The van der Waals surface area contributed by atoms with E-state index in [1.54, 1.807) is 12.3 Å². The fourth-order valence-corrected chi connectivity index (χ4v) is 3.74. The Bertz CT molecular complexity index is 795. The van der Waals surface area contributed by atoms with Gasteiger partial charge in [-0.05, 0) is 43.7 Å². The number of carbonyl (C=O) groups excluding carboxylic acids is 2. The summed E-state index contributed by atoms with van der Waals surface area (Å²) >= 11 is 0. The molecule has 1 saturated heterocycles. The lowest BCUT2D eigenvalue weighted by atomic mass is 9.99. The molecule has 1 atom stereocenters. The van der Waals surface area contributed by atoms with Gasteiger partial charge in [-0.2, -0.15) is 0 Å². The Labute approximate surface area is 166 Å². The second-order valence-corrected chi connectivity index (χ2v) is 7.91. The number of hydrogen-bond donors (Lipinski definition) is 1. The Morgan fingerprint density at radius 1 is 1.21 bits per heavy atom. The number of benzene rings is 1. The van der Waals surface area contributed by atoms with Gasteiger partial charge in [0.25, 0.3) is 5.91 Å². The first-order chi connectivity index (χ1) is 13.5. The minimum Gasteiger partial charge on any atom is -0.341 e. The molecule has 7 nitrogen and oxygen atoms in total. The van der Waals surface area contributed by atoms with Crippen LogP contribution in [0.3, 0.4) is 0 Å².